The van der Waals surface area contributed by atoms with Crippen molar-refractivity contribution in [1.29, 1.82) is 0 Å². The Morgan fingerprint density at radius 1 is 1.27 bits per heavy atom. The number of likely N-dealkylation sites (N-methyl/N-ethyl adjacent to an activating group) is 1. The molecule has 0 spiro atoms. The van der Waals surface area contributed by atoms with E-state index in [1.807, 2.05) is 29.2 Å². The number of rotatable bonds is 4. The number of carbonyl (C=O) groups excluding carboxylic acids is 1. The van der Waals surface area contributed by atoms with Gasteiger partial charge in [0.15, 0.2) is 0 Å². The average Bonchev–Trinajstić information content (AvgIpc) is 2.91. The summed E-state index contributed by atoms with van der Waals surface area (Å²) in [4.78, 5) is 25.7. The summed E-state index contributed by atoms with van der Waals surface area (Å²) in [6.45, 7) is 3.53. The Morgan fingerprint density at radius 3 is 2.88 bits per heavy atom. The van der Waals surface area contributed by atoms with Gasteiger partial charge in [-0.3, -0.25) is 19.7 Å². The summed E-state index contributed by atoms with van der Waals surface area (Å²) in [7, 11) is 2.17. The van der Waals surface area contributed by atoms with E-state index in [-0.39, 0.29) is 18.0 Å². The summed E-state index contributed by atoms with van der Waals surface area (Å²) in [6, 6.07) is 10.1. The van der Waals surface area contributed by atoms with E-state index in [0.717, 1.165) is 18.7 Å². The van der Waals surface area contributed by atoms with Crippen LogP contribution in [0.2, 0.25) is 0 Å². The number of aromatic nitrogens is 2. The first kappa shape index (κ1) is 17.0. The van der Waals surface area contributed by atoms with E-state index in [4.69, 9.17) is 4.74 Å². The molecule has 2 aliphatic rings. The summed E-state index contributed by atoms with van der Waals surface area (Å²) >= 11 is 0. The first-order valence-electron chi connectivity index (χ1n) is 9.12. The second-order valence-electron chi connectivity index (χ2n) is 7.22. The van der Waals surface area contributed by atoms with E-state index in [0.29, 0.717) is 24.3 Å². The highest BCUT2D eigenvalue weighted by atomic mass is 16.5. The maximum atomic E-state index is 12.9. The smallest absolute Gasteiger partial charge is 0.272 e. The zero-order valence-electron chi connectivity index (χ0n) is 15.2. The molecule has 0 aromatic carbocycles. The first-order chi connectivity index (χ1) is 12.6. The molecule has 6 heteroatoms. The van der Waals surface area contributed by atoms with Crippen LogP contribution < -0.4 is 4.74 Å². The molecule has 2 fully saturated rings. The number of fused-ring (bicyclic) bond motifs is 2. The van der Waals surface area contributed by atoms with Gasteiger partial charge in [-0.2, -0.15) is 0 Å². The molecule has 0 aliphatic carbocycles. The summed E-state index contributed by atoms with van der Waals surface area (Å²) in [6.07, 6.45) is 6.20. The van der Waals surface area contributed by atoms with Crippen LogP contribution in [-0.2, 0) is 0 Å². The number of hydrogen-bond donors (Lipinski definition) is 0. The maximum Gasteiger partial charge on any atom is 0.272 e. The van der Waals surface area contributed by atoms with E-state index in [2.05, 4.69) is 28.8 Å². The molecule has 0 saturated carbocycles. The minimum Gasteiger partial charge on any atom is -0.492 e. The molecule has 4 atom stereocenters. The van der Waals surface area contributed by atoms with Crippen LogP contribution in [0.5, 0.6) is 5.75 Å². The molecular weight excluding hydrogens is 328 g/mol. The number of likely N-dealkylation sites (tertiary alicyclic amines) is 1. The second-order valence-corrected chi connectivity index (χ2v) is 7.22. The molecule has 4 rings (SSSR count). The van der Waals surface area contributed by atoms with Gasteiger partial charge in [-0.15, -0.1) is 0 Å². The van der Waals surface area contributed by atoms with Gasteiger partial charge in [0, 0.05) is 43.0 Å². The van der Waals surface area contributed by atoms with Crippen molar-refractivity contribution in [2.24, 2.45) is 5.92 Å². The molecule has 2 saturated heterocycles. The maximum absolute atomic E-state index is 12.9. The van der Waals surface area contributed by atoms with Crippen molar-refractivity contribution in [3.63, 3.8) is 0 Å². The van der Waals surface area contributed by atoms with E-state index >= 15 is 0 Å². The Kier molecular flexibility index (Phi) is 4.59. The number of carbonyl (C=O) groups is 1. The lowest BCUT2D eigenvalue weighted by Gasteiger charge is -2.44. The summed E-state index contributed by atoms with van der Waals surface area (Å²) in [5.41, 5.74) is 0.520. The quantitative estimate of drug-likeness (QED) is 0.843. The van der Waals surface area contributed by atoms with Gasteiger partial charge in [-0.05, 0) is 44.7 Å². The molecule has 1 unspecified atom stereocenters. The van der Waals surface area contributed by atoms with Gasteiger partial charge in [-0.1, -0.05) is 6.07 Å². The monoisotopic (exact) mass is 352 g/mol. The molecule has 6 nitrogen and oxygen atoms in total. The molecule has 0 radical (unpaired) electrons. The van der Waals surface area contributed by atoms with Crippen molar-refractivity contribution in [3.05, 3.63) is 54.6 Å². The summed E-state index contributed by atoms with van der Waals surface area (Å²) in [5.74, 6) is 1.21. The lowest BCUT2D eigenvalue weighted by atomic mass is 9.95. The van der Waals surface area contributed by atoms with Crippen LogP contribution in [0.25, 0.3) is 0 Å². The van der Waals surface area contributed by atoms with Crippen LogP contribution in [0.3, 0.4) is 0 Å². The second kappa shape index (κ2) is 7.03. The SMILES string of the molecule is CC1[C@@H]2[C@@H](COc3cccnc3)C[C@H](CN1C(=O)c1ccccn1)N2C. The molecule has 2 aromatic heterocycles. The fourth-order valence-corrected chi connectivity index (χ4v) is 4.45. The van der Waals surface area contributed by atoms with Crippen LogP contribution in [0, 0.1) is 5.92 Å². The van der Waals surface area contributed by atoms with Gasteiger partial charge in [0.2, 0.25) is 0 Å². The summed E-state index contributed by atoms with van der Waals surface area (Å²) in [5, 5.41) is 0. The topological polar surface area (TPSA) is 58.6 Å². The third kappa shape index (κ3) is 3.05. The fraction of sp³-hybridized carbons (Fsp3) is 0.450. The molecular formula is C20H24N4O2. The van der Waals surface area contributed by atoms with Crippen LogP contribution in [-0.4, -0.2) is 64.0 Å². The molecule has 1 amide bonds. The van der Waals surface area contributed by atoms with Crippen molar-refractivity contribution in [2.45, 2.75) is 31.5 Å². The van der Waals surface area contributed by atoms with Crippen molar-refractivity contribution in [3.8, 4) is 5.75 Å². The normalized spacial score (nSPS) is 28.2. The van der Waals surface area contributed by atoms with Gasteiger partial charge in [0.05, 0.1) is 12.8 Å². The number of amides is 1. The Labute approximate surface area is 153 Å². The minimum absolute atomic E-state index is 0.0232. The Bertz CT molecular complexity index is 755. The Hall–Kier alpha value is -2.47. The molecule has 2 bridgehead atoms. The molecule has 0 N–H and O–H groups in total. The zero-order valence-corrected chi connectivity index (χ0v) is 15.2. The molecule has 4 heterocycles. The van der Waals surface area contributed by atoms with Crippen LogP contribution in [0.15, 0.2) is 48.9 Å². The number of hydrogen-bond acceptors (Lipinski definition) is 5. The first-order valence-corrected chi connectivity index (χ1v) is 9.12. The molecule has 136 valence electrons. The predicted molar refractivity (Wildman–Crippen MR) is 97.9 cm³/mol. The minimum atomic E-state index is 0.0232. The van der Waals surface area contributed by atoms with E-state index in [1.165, 1.54) is 0 Å². The highest BCUT2D eigenvalue weighted by Crippen LogP contribution is 2.38. The van der Waals surface area contributed by atoms with Crippen LogP contribution in [0.1, 0.15) is 23.8 Å². The Balaban J connectivity index is 1.48. The van der Waals surface area contributed by atoms with Crippen molar-refractivity contribution < 1.29 is 9.53 Å². The number of ether oxygens (including phenoxy) is 1. The van der Waals surface area contributed by atoms with Gasteiger partial charge < -0.3 is 9.64 Å². The standard InChI is InChI=1S/C20H24N4O2/c1-14-19-15(13-26-17-6-5-8-21-11-17)10-16(23(19)2)12-24(14)20(25)18-7-3-4-9-22-18/h3-9,11,14-16,19H,10,12-13H2,1-2H3/t14?,15-,16-,19-/m1/s1. The van der Waals surface area contributed by atoms with E-state index in [9.17, 15) is 4.79 Å². The third-order valence-corrected chi connectivity index (χ3v) is 5.74. The third-order valence-electron chi connectivity index (χ3n) is 5.74. The Morgan fingerprint density at radius 2 is 2.15 bits per heavy atom. The van der Waals surface area contributed by atoms with E-state index in [1.54, 1.807) is 24.7 Å². The van der Waals surface area contributed by atoms with Crippen LogP contribution in [0.4, 0.5) is 0 Å². The number of pyridine rings is 2. The molecule has 2 aromatic rings. The van der Waals surface area contributed by atoms with Crippen molar-refractivity contribution >= 4 is 5.91 Å². The fourth-order valence-electron chi connectivity index (χ4n) is 4.45. The highest BCUT2D eigenvalue weighted by molar-refractivity contribution is 5.92. The van der Waals surface area contributed by atoms with Gasteiger partial charge in [-0.25, -0.2) is 0 Å². The molecule has 2 aliphatic heterocycles. The average molecular weight is 352 g/mol. The van der Waals surface area contributed by atoms with Gasteiger partial charge in [0.25, 0.3) is 5.91 Å². The predicted octanol–water partition coefficient (Wildman–Crippen LogP) is 2.09. The largest absolute Gasteiger partial charge is 0.492 e. The summed E-state index contributed by atoms with van der Waals surface area (Å²) < 4.78 is 5.97. The van der Waals surface area contributed by atoms with E-state index < -0.39 is 0 Å². The number of nitrogens with zero attached hydrogens (tertiary/aromatic N) is 4. The van der Waals surface area contributed by atoms with Gasteiger partial charge >= 0.3 is 0 Å². The number of piperazine rings is 1. The van der Waals surface area contributed by atoms with Crippen LogP contribution >= 0.6 is 0 Å². The lowest BCUT2D eigenvalue weighted by Crippen LogP contribution is -2.60. The highest BCUT2D eigenvalue weighted by Gasteiger charge is 2.49. The molecule has 26 heavy (non-hydrogen) atoms. The lowest BCUT2D eigenvalue weighted by molar-refractivity contribution is 0.0219. The zero-order chi connectivity index (χ0) is 18.1. The van der Waals surface area contributed by atoms with Gasteiger partial charge in [0.1, 0.15) is 11.4 Å². The van der Waals surface area contributed by atoms with Crippen molar-refractivity contribution in [2.75, 3.05) is 20.2 Å². The van der Waals surface area contributed by atoms with Crippen molar-refractivity contribution in [1.82, 2.24) is 19.8 Å².